The summed E-state index contributed by atoms with van der Waals surface area (Å²) in [5.74, 6) is 2.34. The molecule has 0 saturated carbocycles. The molecule has 140 valence electrons. The number of halogens is 1. The van der Waals surface area contributed by atoms with Gasteiger partial charge in [0.15, 0.2) is 0 Å². The lowest BCUT2D eigenvalue weighted by molar-refractivity contribution is -0.116. The van der Waals surface area contributed by atoms with Crippen molar-refractivity contribution in [2.75, 3.05) is 19.5 Å². The van der Waals surface area contributed by atoms with E-state index in [1.54, 1.807) is 12.1 Å². The van der Waals surface area contributed by atoms with Crippen molar-refractivity contribution in [3.8, 4) is 22.8 Å². The predicted molar refractivity (Wildman–Crippen MR) is 106 cm³/mol. The lowest BCUT2D eigenvalue weighted by Gasteiger charge is -2.13. The Morgan fingerprint density at radius 2 is 1.78 bits per heavy atom. The van der Waals surface area contributed by atoms with Gasteiger partial charge in [0, 0.05) is 24.5 Å². The lowest BCUT2D eigenvalue weighted by Crippen LogP contribution is -2.13. The summed E-state index contributed by atoms with van der Waals surface area (Å²) in [5, 5.41) is 3.21. The van der Waals surface area contributed by atoms with Crippen LogP contribution in [0.5, 0.6) is 11.5 Å². The van der Waals surface area contributed by atoms with Crippen LogP contribution < -0.4 is 14.8 Å². The Morgan fingerprint density at radius 1 is 1.04 bits per heavy atom. The van der Waals surface area contributed by atoms with Crippen LogP contribution in [0, 0.1) is 0 Å². The van der Waals surface area contributed by atoms with E-state index in [2.05, 4.69) is 5.32 Å². The zero-order valence-electron chi connectivity index (χ0n) is 15.1. The average molecular weight is 386 g/mol. The highest BCUT2D eigenvalue weighted by molar-refractivity contribution is 6.32. The molecule has 6 heteroatoms. The van der Waals surface area contributed by atoms with Gasteiger partial charge in [0.25, 0.3) is 0 Å². The van der Waals surface area contributed by atoms with Gasteiger partial charge in [0.2, 0.25) is 5.91 Å². The summed E-state index contributed by atoms with van der Waals surface area (Å²) in [6.07, 6.45) is 0.763. The van der Waals surface area contributed by atoms with E-state index in [1.807, 2.05) is 42.5 Å². The highest BCUT2D eigenvalue weighted by Gasteiger charge is 2.13. The molecule has 0 fully saturated rings. The number of amides is 1. The number of anilines is 1. The minimum atomic E-state index is -0.160. The minimum absolute atomic E-state index is 0.160. The first-order valence-corrected chi connectivity index (χ1v) is 8.84. The summed E-state index contributed by atoms with van der Waals surface area (Å²) in [4.78, 5) is 12.3. The van der Waals surface area contributed by atoms with Crippen molar-refractivity contribution < 1.29 is 18.7 Å². The average Bonchev–Trinajstić information content (AvgIpc) is 3.16. The standard InChI is InChI=1S/C21H20ClNO4/c1-25-19-13-20(26-2)17(12-16(19)22)23-21(24)11-9-15-8-10-18(27-15)14-6-4-3-5-7-14/h3-8,10,12-13H,9,11H2,1-2H3,(H,23,24). The van der Waals surface area contributed by atoms with Crippen molar-refractivity contribution in [3.63, 3.8) is 0 Å². The van der Waals surface area contributed by atoms with E-state index in [-0.39, 0.29) is 12.3 Å². The smallest absolute Gasteiger partial charge is 0.224 e. The van der Waals surface area contributed by atoms with Gasteiger partial charge in [-0.3, -0.25) is 4.79 Å². The Kier molecular flexibility index (Phi) is 6.04. The fourth-order valence-corrected chi connectivity index (χ4v) is 2.92. The van der Waals surface area contributed by atoms with Crippen molar-refractivity contribution in [1.82, 2.24) is 0 Å². The molecule has 27 heavy (non-hydrogen) atoms. The minimum Gasteiger partial charge on any atom is -0.495 e. The Bertz CT molecular complexity index is 921. The quantitative estimate of drug-likeness (QED) is 0.608. The second kappa shape index (κ2) is 8.64. The van der Waals surface area contributed by atoms with Gasteiger partial charge in [-0.1, -0.05) is 41.9 Å². The molecule has 1 N–H and O–H groups in total. The summed E-state index contributed by atoms with van der Waals surface area (Å²) in [5.41, 5.74) is 1.50. The molecule has 5 nitrogen and oxygen atoms in total. The lowest BCUT2D eigenvalue weighted by atomic mass is 10.2. The van der Waals surface area contributed by atoms with Crippen LogP contribution in [0.15, 0.2) is 59.0 Å². The van der Waals surface area contributed by atoms with E-state index >= 15 is 0 Å². The molecule has 0 aliphatic carbocycles. The number of carbonyl (C=O) groups excluding carboxylic acids is 1. The topological polar surface area (TPSA) is 60.7 Å². The van der Waals surface area contributed by atoms with Gasteiger partial charge in [-0.2, -0.15) is 0 Å². The molecule has 1 heterocycles. The molecule has 1 aromatic heterocycles. The van der Waals surface area contributed by atoms with Gasteiger partial charge in [-0.15, -0.1) is 0 Å². The zero-order chi connectivity index (χ0) is 19.2. The van der Waals surface area contributed by atoms with Crippen molar-refractivity contribution in [1.29, 1.82) is 0 Å². The molecule has 2 aromatic carbocycles. The predicted octanol–water partition coefficient (Wildman–Crippen LogP) is 5.19. The molecule has 1 amide bonds. The van der Waals surface area contributed by atoms with Gasteiger partial charge in [-0.25, -0.2) is 0 Å². The molecule has 0 aliphatic rings. The molecule has 0 spiro atoms. The van der Waals surface area contributed by atoms with Crippen LogP contribution in [0.3, 0.4) is 0 Å². The van der Waals surface area contributed by atoms with E-state index in [0.29, 0.717) is 28.6 Å². The highest BCUT2D eigenvalue weighted by atomic mass is 35.5. The second-order valence-corrected chi connectivity index (χ2v) is 6.27. The van der Waals surface area contributed by atoms with Crippen LogP contribution in [0.2, 0.25) is 5.02 Å². The van der Waals surface area contributed by atoms with E-state index < -0.39 is 0 Å². The molecule has 3 rings (SSSR count). The maximum atomic E-state index is 12.3. The number of hydrogen-bond acceptors (Lipinski definition) is 4. The van der Waals surface area contributed by atoms with Crippen LogP contribution in [-0.4, -0.2) is 20.1 Å². The number of nitrogens with one attached hydrogen (secondary N) is 1. The number of ether oxygens (including phenoxy) is 2. The van der Waals surface area contributed by atoms with E-state index in [0.717, 1.165) is 17.1 Å². The largest absolute Gasteiger partial charge is 0.495 e. The van der Waals surface area contributed by atoms with Gasteiger partial charge < -0.3 is 19.2 Å². The van der Waals surface area contributed by atoms with Gasteiger partial charge in [0.05, 0.1) is 24.9 Å². The van der Waals surface area contributed by atoms with Crippen LogP contribution in [-0.2, 0) is 11.2 Å². The number of carbonyl (C=O) groups is 1. The van der Waals surface area contributed by atoms with Crippen molar-refractivity contribution in [3.05, 3.63) is 65.4 Å². The SMILES string of the molecule is COc1cc(OC)c(NC(=O)CCc2ccc(-c3ccccc3)o2)cc1Cl. The van der Waals surface area contributed by atoms with E-state index in [4.69, 9.17) is 25.5 Å². The van der Waals surface area contributed by atoms with Crippen LogP contribution in [0.25, 0.3) is 11.3 Å². The summed E-state index contributed by atoms with van der Waals surface area (Å²) < 4.78 is 16.3. The highest BCUT2D eigenvalue weighted by Crippen LogP contribution is 2.36. The second-order valence-electron chi connectivity index (χ2n) is 5.87. The molecule has 0 saturated heterocycles. The first kappa shape index (κ1) is 18.9. The summed E-state index contributed by atoms with van der Waals surface area (Å²) >= 11 is 6.13. The Balaban J connectivity index is 1.62. The third-order valence-electron chi connectivity index (χ3n) is 4.07. The monoisotopic (exact) mass is 385 g/mol. The maximum Gasteiger partial charge on any atom is 0.224 e. The van der Waals surface area contributed by atoms with Gasteiger partial charge in [0.1, 0.15) is 23.0 Å². The first-order chi connectivity index (χ1) is 13.1. The third-order valence-corrected chi connectivity index (χ3v) is 4.36. The number of aryl methyl sites for hydroxylation is 1. The maximum absolute atomic E-state index is 12.3. The Morgan fingerprint density at radius 3 is 2.48 bits per heavy atom. The molecule has 0 bridgehead atoms. The zero-order valence-corrected chi connectivity index (χ0v) is 15.9. The number of benzene rings is 2. The fraction of sp³-hybridized carbons (Fsp3) is 0.190. The number of rotatable bonds is 7. The number of furan rings is 1. The normalized spacial score (nSPS) is 10.5. The van der Waals surface area contributed by atoms with Gasteiger partial charge >= 0.3 is 0 Å². The van der Waals surface area contributed by atoms with Crippen LogP contribution in [0.1, 0.15) is 12.2 Å². The van der Waals surface area contributed by atoms with Gasteiger partial charge in [-0.05, 0) is 18.2 Å². The van der Waals surface area contributed by atoms with E-state index in [9.17, 15) is 4.79 Å². The molecule has 0 atom stereocenters. The summed E-state index contributed by atoms with van der Waals surface area (Å²) in [6.45, 7) is 0. The van der Waals surface area contributed by atoms with E-state index in [1.165, 1.54) is 14.2 Å². The van der Waals surface area contributed by atoms with Crippen LogP contribution in [0.4, 0.5) is 5.69 Å². The Labute approximate surface area is 162 Å². The molecule has 0 aliphatic heterocycles. The Hall–Kier alpha value is -2.92. The molecule has 3 aromatic rings. The molecular formula is C21H20ClNO4. The molecular weight excluding hydrogens is 366 g/mol. The molecule has 0 unspecified atom stereocenters. The van der Waals surface area contributed by atoms with Crippen LogP contribution >= 0.6 is 11.6 Å². The summed E-state index contributed by atoms with van der Waals surface area (Å²) in [7, 11) is 3.04. The summed E-state index contributed by atoms with van der Waals surface area (Å²) in [6, 6.07) is 16.9. The number of methoxy groups -OCH3 is 2. The van der Waals surface area contributed by atoms with Crippen molar-refractivity contribution in [2.24, 2.45) is 0 Å². The molecule has 0 radical (unpaired) electrons. The third kappa shape index (κ3) is 4.63. The fourth-order valence-electron chi connectivity index (χ4n) is 2.68. The first-order valence-electron chi connectivity index (χ1n) is 8.46. The number of hydrogen-bond donors (Lipinski definition) is 1. The van der Waals surface area contributed by atoms with Crippen molar-refractivity contribution in [2.45, 2.75) is 12.8 Å². The van der Waals surface area contributed by atoms with Crippen molar-refractivity contribution >= 4 is 23.2 Å².